The van der Waals surface area contributed by atoms with Crippen LogP contribution in [0.5, 0.6) is 5.88 Å². The van der Waals surface area contributed by atoms with Crippen LogP contribution in [0.4, 0.5) is 0 Å². The van der Waals surface area contributed by atoms with Gasteiger partial charge in [-0.25, -0.2) is 4.98 Å². The van der Waals surface area contributed by atoms with Crippen LogP contribution in [0.25, 0.3) is 0 Å². The number of guanidine groups is 1. The van der Waals surface area contributed by atoms with E-state index in [-0.39, 0.29) is 29.4 Å². The molecule has 0 aromatic carbocycles. The fraction of sp³-hybridized carbons (Fsp3) is 0.700. The van der Waals surface area contributed by atoms with Crippen molar-refractivity contribution in [1.29, 1.82) is 0 Å². The number of aromatic nitrogens is 1. The van der Waals surface area contributed by atoms with Gasteiger partial charge in [-0.05, 0) is 36.8 Å². The van der Waals surface area contributed by atoms with Crippen LogP contribution in [0.15, 0.2) is 23.3 Å². The monoisotopic (exact) mass is 486 g/mol. The zero-order valence-corrected chi connectivity index (χ0v) is 18.7. The summed E-state index contributed by atoms with van der Waals surface area (Å²) in [7, 11) is 1.82. The van der Waals surface area contributed by atoms with Crippen LogP contribution in [-0.2, 0) is 11.3 Å². The van der Waals surface area contributed by atoms with E-state index in [4.69, 9.17) is 9.47 Å². The Bertz CT molecular complexity index is 678. The van der Waals surface area contributed by atoms with Gasteiger partial charge in [0.05, 0.1) is 12.7 Å². The maximum Gasteiger partial charge on any atom is 0.213 e. The van der Waals surface area contributed by atoms with Crippen LogP contribution in [0.1, 0.15) is 38.7 Å². The zero-order chi connectivity index (χ0) is 18.1. The third kappa shape index (κ3) is 4.50. The average Bonchev–Trinajstić information content (AvgIpc) is 3.36. The molecule has 0 radical (unpaired) electrons. The van der Waals surface area contributed by atoms with Gasteiger partial charge in [-0.3, -0.25) is 4.99 Å². The van der Waals surface area contributed by atoms with E-state index < -0.39 is 0 Å². The summed E-state index contributed by atoms with van der Waals surface area (Å²) in [6.45, 7) is 6.91. The molecule has 2 N–H and O–H groups in total. The summed E-state index contributed by atoms with van der Waals surface area (Å²) in [6.07, 6.45) is 5.89. The fourth-order valence-electron chi connectivity index (χ4n) is 4.27. The van der Waals surface area contributed by atoms with Crippen LogP contribution in [-0.4, -0.2) is 43.4 Å². The highest BCUT2D eigenvalue weighted by Crippen LogP contribution is 2.52. The number of nitrogens with zero attached hydrogens (tertiary/aromatic N) is 2. The molecule has 3 fully saturated rings. The highest BCUT2D eigenvalue weighted by Gasteiger charge is 2.59. The summed E-state index contributed by atoms with van der Waals surface area (Å²) in [6, 6.07) is 4.42. The fourth-order valence-corrected chi connectivity index (χ4v) is 4.27. The van der Waals surface area contributed by atoms with Crippen LogP contribution in [0, 0.1) is 17.3 Å². The molecule has 2 heterocycles. The quantitative estimate of drug-likeness (QED) is 0.368. The molecule has 3 aliphatic rings. The van der Waals surface area contributed by atoms with E-state index in [2.05, 4.69) is 34.5 Å². The largest absolute Gasteiger partial charge is 0.477 e. The van der Waals surface area contributed by atoms with Gasteiger partial charge in [0, 0.05) is 49.8 Å². The lowest BCUT2D eigenvalue weighted by Gasteiger charge is -2.54. The summed E-state index contributed by atoms with van der Waals surface area (Å²) in [5.74, 6) is 2.87. The number of rotatable bonds is 6. The summed E-state index contributed by atoms with van der Waals surface area (Å²) in [5, 5.41) is 7.03. The molecule has 0 amide bonds. The Morgan fingerprint density at radius 2 is 2.19 bits per heavy atom. The van der Waals surface area contributed by atoms with E-state index in [1.165, 1.54) is 12.8 Å². The molecule has 4 rings (SSSR count). The Kier molecular flexibility index (Phi) is 6.50. The third-order valence-corrected chi connectivity index (χ3v) is 6.04. The number of ether oxygens (including phenoxy) is 2. The molecule has 0 bridgehead atoms. The molecule has 27 heavy (non-hydrogen) atoms. The van der Waals surface area contributed by atoms with E-state index >= 15 is 0 Å². The first-order chi connectivity index (χ1) is 12.6. The molecule has 0 spiro atoms. The van der Waals surface area contributed by atoms with Gasteiger partial charge in [0.15, 0.2) is 5.96 Å². The number of hydrogen-bond acceptors (Lipinski definition) is 4. The van der Waals surface area contributed by atoms with E-state index in [1.54, 1.807) is 0 Å². The first-order valence-electron chi connectivity index (χ1n) is 9.74. The average molecular weight is 486 g/mol. The number of aliphatic imine (C=N–C) groups is 1. The van der Waals surface area contributed by atoms with Gasteiger partial charge in [0.2, 0.25) is 5.88 Å². The van der Waals surface area contributed by atoms with Crippen molar-refractivity contribution in [3.63, 3.8) is 0 Å². The van der Waals surface area contributed by atoms with Crippen LogP contribution in [0.3, 0.4) is 0 Å². The summed E-state index contributed by atoms with van der Waals surface area (Å²) in [4.78, 5) is 8.70. The predicted molar refractivity (Wildman–Crippen MR) is 117 cm³/mol. The van der Waals surface area contributed by atoms with Gasteiger partial charge in [-0.1, -0.05) is 13.8 Å². The minimum absolute atomic E-state index is 0. The number of pyridine rings is 1. The van der Waals surface area contributed by atoms with Gasteiger partial charge in [0.25, 0.3) is 0 Å². The second-order valence-electron chi connectivity index (χ2n) is 8.37. The molecule has 2 saturated carbocycles. The van der Waals surface area contributed by atoms with Crippen molar-refractivity contribution in [2.75, 3.05) is 20.3 Å². The van der Waals surface area contributed by atoms with Crippen LogP contribution >= 0.6 is 24.0 Å². The van der Waals surface area contributed by atoms with Crippen molar-refractivity contribution in [2.24, 2.45) is 22.2 Å². The van der Waals surface area contributed by atoms with Crippen molar-refractivity contribution in [2.45, 2.75) is 51.8 Å². The van der Waals surface area contributed by atoms with Gasteiger partial charge in [0.1, 0.15) is 0 Å². The Morgan fingerprint density at radius 3 is 2.93 bits per heavy atom. The van der Waals surface area contributed by atoms with Crippen molar-refractivity contribution in [3.05, 3.63) is 23.9 Å². The van der Waals surface area contributed by atoms with Gasteiger partial charge in [-0.15, -0.1) is 24.0 Å². The van der Waals surface area contributed by atoms with E-state index in [1.807, 2.05) is 25.4 Å². The maximum atomic E-state index is 5.88. The Balaban J connectivity index is 0.00000210. The number of hydrogen-bond donors (Lipinski definition) is 2. The minimum Gasteiger partial charge on any atom is -0.477 e. The zero-order valence-electron chi connectivity index (χ0n) is 16.4. The van der Waals surface area contributed by atoms with Gasteiger partial charge in [-0.2, -0.15) is 0 Å². The van der Waals surface area contributed by atoms with Crippen molar-refractivity contribution >= 4 is 29.9 Å². The third-order valence-electron chi connectivity index (χ3n) is 6.04. The second kappa shape index (κ2) is 8.51. The SMILES string of the molecule is CN=C(NCc1ccnc(OCC2CC2)c1)NC1C2CCOC2C1(C)C.I. The van der Waals surface area contributed by atoms with Gasteiger partial charge < -0.3 is 20.1 Å². The Labute approximate surface area is 178 Å². The highest BCUT2D eigenvalue weighted by atomic mass is 127. The summed E-state index contributed by atoms with van der Waals surface area (Å²) in [5.41, 5.74) is 1.28. The molecule has 3 unspecified atom stereocenters. The highest BCUT2D eigenvalue weighted by molar-refractivity contribution is 14.0. The van der Waals surface area contributed by atoms with E-state index in [0.29, 0.717) is 30.5 Å². The first-order valence-corrected chi connectivity index (χ1v) is 9.74. The minimum atomic E-state index is 0. The Hall–Kier alpha value is -1.09. The molecular weight excluding hydrogens is 455 g/mol. The number of halogens is 1. The molecule has 1 aliphatic heterocycles. The molecule has 3 atom stereocenters. The molecule has 1 saturated heterocycles. The molecule has 2 aliphatic carbocycles. The topological polar surface area (TPSA) is 67.8 Å². The molecule has 1 aromatic rings. The number of nitrogens with one attached hydrogen (secondary N) is 2. The molecule has 1 aromatic heterocycles. The van der Waals surface area contributed by atoms with Gasteiger partial charge >= 0.3 is 0 Å². The maximum absolute atomic E-state index is 5.88. The summed E-state index contributed by atoms with van der Waals surface area (Å²) >= 11 is 0. The molecular formula is C20H31IN4O2. The van der Waals surface area contributed by atoms with Crippen LogP contribution in [0.2, 0.25) is 0 Å². The smallest absolute Gasteiger partial charge is 0.213 e. The molecule has 150 valence electrons. The first kappa shape index (κ1) is 20.6. The normalized spacial score (nSPS) is 28.6. The standard InChI is InChI=1S/C20H30N4O2.HI/c1-20(2)17(15-7-9-25-18(15)20)24-19(21-3)23-11-14-6-8-22-16(10-14)26-12-13-4-5-13;/h6,8,10,13,15,17-18H,4-5,7,9,11-12H2,1-3H3,(H2,21,23,24);1H. The van der Waals surface area contributed by atoms with Crippen molar-refractivity contribution in [1.82, 2.24) is 15.6 Å². The molecule has 7 heteroatoms. The lowest BCUT2D eigenvalue weighted by Crippen LogP contribution is -2.67. The van der Waals surface area contributed by atoms with Crippen LogP contribution < -0.4 is 15.4 Å². The van der Waals surface area contributed by atoms with Crippen molar-refractivity contribution < 1.29 is 9.47 Å². The second-order valence-corrected chi connectivity index (χ2v) is 8.37. The molecule has 6 nitrogen and oxygen atoms in total. The summed E-state index contributed by atoms with van der Waals surface area (Å²) < 4.78 is 11.6. The lowest BCUT2D eigenvalue weighted by atomic mass is 9.57. The van der Waals surface area contributed by atoms with Crippen molar-refractivity contribution in [3.8, 4) is 5.88 Å². The predicted octanol–water partition coefficient (Wildman–Crippen LogP) is 2.97. The number of fused-ring (bicyclic) bond motifs is 1. The van der Waals surface area contributed by atoms with E-state index in [9.17, 15) is 0 Å². The Morgan fingerprint density at radius 1 is 1.37 bits per heavy atom. The lowest BCUT2D eigenvalue weighted by molar-refractivity contribution is -0.106. The van der Waals surface area contributed by atoms with E-state index in [0.717, 1.165) is 37.1 Å².